The molecule has 1 amide bonds. The number of fused-ring (bicyclic) bond motifs is 1. The Morgan fingerprint density at radius 2 is 2.29 bits per heavy atom. The fourth-order valence-corrected chi connectivity index (χ4v) is 5.11. The molecule has 2 aliphatic heterocycles. The molecule has 1 aromatic carbocycles. The van der Waals surface area contributed by atoms with E-state index in [0.29, 0.717) is 40.2 Å². The highest BCUT2D eigenvalue weighted by molar-refractivity contribution is 8.13. The van der Waals surface area contributed by atoms with E-state index in [1.807, 2.05) is 0 Å². The van der Waals surface area contributed by atoms with Gasteiger partial charge in [-0.15, -0.1) is 0 Å². The van der Waals surface area contributed by atoms with Crippen LogP contribution in [0.15, 0.2) is 41.5 Å². The van der Waals surface area contributed by atoms with E-state index >= 15 is 4.39 Å². The summed E-state index contributed by atoms with van der Waals surface area (Å²) in [5.74, 6) is -0.142. The lowest BCUT2D eigenvalue weighted by Gasteiger charge is -2.46. The van der Waals surface area contributed by atoms with Gasteiger partial charge in [0.15, 0.2) is 5.17 Å². The van der Waals surface area contributed by atoms with Gasteiger partial charge < -0.3 is 20.5 Å². The Morgan fingerprint density at radius 1 is 1.45 bits per heavy atom. The van der Waals surface area contributed by atoms with Crippen LogP contribution in [0.2, 0.25) is 5.02 Å². The monoisotopic (exact) mass is 464 g/mol. The van der Waals surface area contributed by atoms with E-state index in [1.54, 1.807) is 19.2 Å². The van der Waals surface area contributed by atoms with Gasteiger partial charge in [0.25, 0.3) is 5.91 Å². The van der Waals surface area contributed by atoms with Crippen molar-refractivity contribution in [2.24, 2.45) is 16.6 Å². The second-order valence-corrected chi connectivity index (χ2v) is 8.99. The number of halogens is 2. The first kappa shape index (κ1) is 22.0. The number of nitrogens with one attached hydrogen (secondary N) is 1. The normalized spacial score (nSPS) is 25.5. The lowest BCUT2D eigenvalue weighted by Crippen LogP contribution is -2.51. The molecule has 7 nitrogen and oxygen atoms in total. The van der Waals surface area contributed by atoms with Gasteiger partial charge in [0.1, 0.15) is 17.1 Å². The molecule has 3 heterocycles. The van der Waals surface area contributed by atoms with Crippen LogP contribution < -0.4 is 11.1 Å². The molecule has 1 fully saturated rings. The molecule has 3 N–H and O–H groups in total. The number of hydrogen-bond acceptors (Lipinski definition) is 7. The highest BCUT2D eigenvalue weighted by Gasteiger charge is 2.49. The van der Waals surface area contributed by atoms with Gasteiger partial charge >= 0.3 is 0 Å². The number of nitrogens with zero attached hydrogens (tertiary/aromatic N) is 2. The van der Waals surface area contributed by atoms with Gasteiger partial charge in [0.2, 0.25) is 0 Å². The Morgan fingerprint density at radius 3 is 3.03 bits per heavy atom. The molecular weight excluding hydrogens is 443 g/mol. The molecule has 0 aliphatic carbocycles. The van der Waals surface area contributed by atoms with E-state index in [4.69, 9.17) is 26.8 Å². The molecule has 3 atom stereocenters. The molecule has 2 aromatic rings. The van der Waals surface area contributed by atoms with Gasteiger partial charge in [0.05, 0.1) is 24.3 Å². The smallest absolute Gasteiger partial charge is 0.274 e. The number of aliphatic imine (C=N–C) groups is 1. The summed E-state index contributed by atoms with van der Waals surface area (Å²) in [5, 5.41) is 3.58. The van der Waals surface area contributed by atoms with E-state index in [9.17, 15) is 4.79 Å². The summed E-state index contributed by atoms with van der Waals surface area (Å²) in [5.41, 5.74) is 6.05. The van der Waals surface area contributed by atoms with Gasteiger partial charge in [-0.3, -0.25) is 4.79 Å². The number of rotatable bonds is 5. The first-order valence-corrected chi connectivity index (χ1v) is 11.1. The summed E-state index contributed by atoms with van der Waals surface area (Å²) in [7, 11) is 1.62. The van der Waals surface area contributed by atoms with Crippen LogP contribution >= 0.6 is 23.4 Å². The minimum absolute atomic E-state index is 0.0112. The zero-order chi connectivity index (χ0) is 22.0. The van der Waals surface area contributed by atoms with Crippen LogP contribution in [0.25, 0.3) is 0 Å². The number of pyridine rings is 1. The average molecular weight is 465 g/mol. The minimum Gasteiger partial charge on any atom is -0.382 e. The molecular formula is C21H22ClFN4O3S. The van der Waals surface area contributed by atoms with Crippen LogP contribution in [0.1, 0.15) is 22.5 Å². The lowest BCUT2D eigenvalue weighted by molar-refractivity contribution is -0.0836. The Bertz CT molecular complexity index is 1010. The Labute approximate surface area is 188 Å². The van der Waals surface area contributed by atoms with Crippen molar-refractivity contribution in [3.63, 3.8) is 0 Å². The van der Waals surface area contributed by atoms with E-state index in [2.05, 4.69) is 15.3 Å². The van der Waals surface area contributed by atoms with Crippen LogP contribution in [0.5, 0.6) is 0 Å². The molecule has 2 aliphatic rings. The molecule has 164 valence electrons. The maximum Gasteiger partial charge on any atom is 0.274 e. The number of hydrogen-bond donors (Lipinski definition) is 2. The average Bonchev–Trinajstić information content (AvgIpc) is 2.76. The first-order chi connectivity index (χ1) is 14.9. The topological polar surface area (TPSA) is 98.8 Å². The van der Waals surface area contributed by atoms with E-state index in [1.165, 1.54) is 36.2 Å². The fraction of sp³-hybridized carbons (Fsp3) is 0.381. The standard InChI is InChI=1S/C21H22ClFN4O3S/c1-29-9-15-6-12-10-31-20(24)27-21(12,11-30-15)16-7-14(3-4-17(16)23)26-19(28)18-5-2-13(22)8-25-18/h2-5,7-8,12,15H,6,9-11H2,1H3,(H2,24,27)(H,26,28)/t12-,15+,21-/m0/s1. The molecule has 31 heavy (non-hydrogen) atoms. The second kappa shape index (κ2) is 9.12. The molecule has 1 saturated heterocycles. The van der Waals surface area contributed by atoms with Crippen LogP contribution in [0, 0.1) is 11.7 Å². The first-order valence-electron chi connectivity index (χ1n) is 9.73. The number of carbonyl (C=O) groups is 1. The van der Waals surface area contributed by atoms with Crippen molar-refractivity contribution in [2.75, 3.05) is 31.4 Å². The maximum atomic E-state index is 15.1. The molecule has 0 spiro atoms. The number of nitrogens with two attached hydrogens (primary N) is 1. The predicted octanol–water partition coefficient (Wildman–Crippen LogP) is 3.43. The summed E-state index contributed by atoms with van der Waals surface area (Å²) in [4.78, 5) is 21.2. The quantitative estimate of drug-likeness (QED) is 0.703. The van der Waals surface area contributed by atoms with Gasteiger partial charge in [-0.1, -0.05) is 23.4 Å². The summed E-state index contributed by atoms with van der Waals surface area (Å²) in [6, 6.07) is 7.52. The number of carbonyl (C=O) groups excluding carboxylic acids is 1. The van der Waals surface area contributed by atoms with Crippen molar-refractivity contribution < 1.29 is 18.7 Å². The number of ether oxygens (including phenoxy) is 2. The summed E-state index contributed by atoms with van der Waals surface area (Å²) in [6.45, 7) is 0.642. The lowest BCUT2D eigenvalue weighted by atomic mass is 9.75. The predicted molar refractivity (Wildman–Crippen MR) is 119 cm³/mol. The summed E-state index contributed by atoms with van der Waals surface area (Å²) >= 11 is 7.28. The largest absolute Gasteiger partial charge is 0.382 e. The summed E-state index contributed by atoms with van der Waals surface area (Å²) in [6.07, 6.45) is 1.98. The highest BCUT2D eigenvalue weighted by Crippen LogP contribution is 2.47. The fourth-order valence-electron chi connectivity index (χ4n) is 3.99. The molecule has 0 unspecified atom stereocenters. The number of benzene rings is 1. The highest BCUT2D eigenvalue weighted by atomic mass is 35.5. The number of methoxy groups -OCH3 is 1. The third kappa shape index (κ3) is 4.55. The van der Waals surface area contributed by atoms with E-state index in [0.717, 1.165) is 0 Å². The number of aromatic nitrogens is 1. The third-order valence-corrected chi connectivity index (χ3v) is 6.69. The Balaban J connectivity index is 1.65. The van der Waals surface area contributed by atoms with Crippen molar-refractivity contribution in [1.82, 2.24) is 4.98 Å². The molecule has 1 aromatic heterocycles. The number of amides is 1. The van der Waals surface area contributed by atoms with Crippen molar-refractivity contribution in [3.05, 3.63) is 58.6 Å². The summed E-state index contributed by atoms with van der Waals surface area (Å²) < 4.78 is 26.3. The Hall–Kier alpha value is -2.20. The van der Waals surface area contributed by atoms with Crippen molar-refractivity contribution in [2.45, 2.75) is 18.1 Å². The molecule has 10 heteroatoms. The third-order valence-electron chi connectivity index (χ3n) is 5.51. The minimum atomic E-state index is -0.955. The SMILES string of the molecule is COC[C@H]1C[C@H]2CSC(N)=N[C@@]2(c2cc(NC(=O)c3ccc(Cl)cn3)ccc2F)CO1. The number of anilines is 1. The molecule has 0 radical (unpaired) electrons. The molecule has 0 bridgehead atoms. The molecule has 0 saturated carbocycles. The van der Waals surface area contributed by atoms with E-state index in [-0.39, 0.29) is 24.3 Å². The van der Waals surface area contributed by atoms with Gasteiger partial charge in [0, 0.05) is 36.2 Å². The van der Waals surface area contributed by atoms with Crippen LogP contribution in [-0.2, 0) is 15.0 Å². The number of thioether (sulfide) groups is 1. The zero-order valence-corrected chi connectivity index (χ0v) is 18.4. The zero-order valence-electron chi connectivity index (χ0n) is 16.8. The van der Waals surface area contributed by atoms with Crippen LogP contribution in [-0.4, -0.2) is 48.2 Å². The molecule has 4 rings (SSSR count). The van der Waals surface area contributed by atoms with Crippen molar-refractivity contribution >= 4 is 40.1 Å². The Kier molecular flexibility index (Phi) is 6.47. The van der Waals surface area contributed by atoms with Gasteiger partial charge in [-0.05, 0) is 36.8 Å². The van der Waals surface area contributed by atoms with Gasteiger partial charge in [-0.25, -0.2) is 14.4 Å². The number of amidine groups is 1. The van der Waals surface area contributed by atoms with Crippen LogP contribution in [0.3, 0.4) is 0 Å². The van der Waals surface area contributed by atoms with E-state index < -0.39 is 17.3 Å². The second-order valence-electron chi connectivity index (χ2n) is 7.52. The van der Waals surface area contributed by atoms with Gasteiger partial charge in [-0.2, -0.15) is 0 Å². The van der Waals surface area contributed by atoms with Crippen molar-refractivity contribution in [1.29, 1.82) is 0 Å². The van der Waals surface area contributed by atoms with Crippen molar-refractivity contribution in [3.8, 4) is 0 Å². The van der Waals surface area contributed by atoms with Crippen LogP contribution in [0.4, 0.5) is 10.1 Å². The maximum absolute atomic E-state index is 15.1.